The van der Waals surface area contributed by atoms with Gasteiger partial charge in [0, 0.05) is 5.56 Å². The van der Waals surface area contributed by atoms with Gasteiger partial charge in [0.05, 0.1) is 23.4 Å². The molecule has 1 rings (SSSR count). The Balaban J connectivity index is 3.01. The van der Waals surface area contributed by atoms with E-state index in [2.05, 4.69) is 5.32 Å². The van der Waals surface area contributed by atoms with E-state index in [1.807, 2.05) is 6.07 Å². The molecule has 0 fully saturated rings. The molecule has 16 heavy (non-hydrogen) atoms. The van der Waals surface area contributed by atoms with Crippen LogP contribution in [0.5, 0.6) is 0 Å². The van der Waals surface area contributed by atoms with Crippen LogP contribution in [0.1, 0.15) is 17.5 Å². The molecular formula is C11H8FN3O. The minimum Gasteiger partial charge on any atom is -0.323 e. The molecule has 0 radical (unpaired) electrons. The van der Waals surface area contributed by atoms with Crippen molar-refractivity contribution in [2.75, 3.05) is 5.32 Å². The lowest BCUT2D eigenvalue weighted by Gasteiger charge is -2.07. The van der Waals surface area contributed by atoms with Crippen LogP contribution in [0.4, 0.5) is 10.1 Å². The zero-order valence-corrected chi connectivity index (χ0v) is 8.54. The highest BCUT2D eigenvalue weighted by Gasteiger charge is 2.11. The zero-order valence-electron chi connectivity index (χ0n) is 8.54. The summed E-state index contributed by atoms with van der Waals surface area (Å²) in [5.41, 5.74) is 0.379. The van der Waals surface area contributed by atoms with E-state index in [9.17, 15) is 9.18 Å². The smallest absolute Gasteiger partial charge is 0.238 e. The summed E-state index contributed by atoms with van der Waals surface area (Å²) >= 11 is 0. The third kappa shape index (κ3) is 2.34. The number of carbonyl (C=O) groups excluding carboxylic acids is 1. The first kappa shape index (κ1) is 11.7. The second-order valence-corrected chi connectivity index (χ2v) is 3.09. The molecule has 0 aliphatic carbocycles. The molecule has 1 aromatic carbocycles. The number of hydrogen-bond donors (Lipinski definition) is 1. The van der Waals surface area contributed by atoms with Gasteiger partial charge in [0.15, 0.2) is 5.82 Å². The normalized spacial score (nSPS) is 9.00. The van der Waals surface area contributed by atoms with E-state index < -0.39 is 11.7 Å². The van der Waals surface area contributed by atoms with Crippen molar-refractivity contribution in [2.24, 2.45) is 0 Å². The molecule has 5 heteroatoms. The van der Waals surface area contributed by atoms with E-state index in [4.69, 9.17) is 10.5 Å². The molecular weight excluding hydrogens is 209 g/mol. The third-order valence-electron chi connectivity index (χ3n) is 2.02. The first-order valence-electron chi connectivity index (χ1n) is 4.46. The fourth-order valence-corrected chi connectivity index (χ4v) is 1.17. The van der Waals surface area contributed by atoms with Crippen molar-refractivity contribution in [3.63, 3.8) is 0 Å². The molecule has 0 saturated carbocycles. The van der Waals surface area contributed by atoms with Crippen molar-refractivity contribution in [1.82, 2.24) is 0 Å². The first-order valence-corrected chi connectivity index (χ1v) is 4.46. The Kier molecular flexibility index (Phi) is 3.58. The molecule has 80 valence electrons. The van der Waals surface area contributed by atoms with Gasteiger partial charge in [-0.1, -0.05) is 0 Å². The average molecular weight is 217 g/mol. The predicted molar refractivity (Wildman–Crippen MR) is 54.7 cm³/mol. The summed E-state index contributed by atoms with van der Waals surface area (Å²) in [6, 6.07) is 6.21. The monoisotopic (exact) mass is 217 g/mol. The number of hydrogen-bond acceptors (Lipinski definition) is 3. The summed E-state index contributed by atoms with van der Waals surface area (Å²) in [7, 11) is 0. The Morgan fingerprint density at radius 3 is 2.75 bits per heavy atom. The van der Waals surface area contributed by atoms with Crippen LogP contribution in [0, 0.1) is 35.4 Å². The van der Waals surface area contributed by atoms with Gasteiger partial charge in [0.2, 0.25) is 5.91 Å². The van der Waals surface area contributed by atoms with Crippen LogP contribution >= 0.6 is 0 Å². The van der Waals surface area contributed by atoms with E-state index in [0.717, 1.165) is 0 Å². The van der Waals surface area contributed by atoms with Crippen molar-refractivity contribution in [2.45, 2.75) is 13.3 Å². The van der Waals surface area contributed by atoms with Gasteiger partial charge in [-0.25, -0.2) is 4.39 Å². The summed E-state index contributed by atoms with van der Waals surface area (Å²) in [5, 5.41) is 19.2. The number of nitrogens with zero attached hydrogens (tertiary/aromatic N) is 2. The number of benzene rings is 1. The maximum Gasteiger partial charge on any atom is 0.238 e. The van der Waals surface area contributed by atoms with E-state index in [1.165, 1.54) is 19.1 Å². The lowest BCUT2D eigenvalue weighted by Crippen LogP contribution is -2.12. The maximum absolute atomic E-state index is 13.6. The van der Waals surface area contributed by atoms with Crippen molar-refractivity contribution in [3.8, 4) is 12.1 Å². The average Bonchev–Trinajstić information content (AvgIpc) is 2.25. The minimum absolute atomic E-state index is 0.0169. The van der Waals surface area contributed by atoms with Crippen molar-refractivity contribution in [1.29, 1.82) is 10.5 Å². The summed E-state index contributed by atoms with van der Waals surface area (Å²) < 4.78 is 13.6. The highest BCUT2D eigenvalue weighted by atomic mass is 19.1. The SMILES string of the molecule is Cc1c(C#N)ccc(NC(=O)CC#N)c1F. The molecule has 0 bridgehead atoms. The molecule has 1 aromatic rings. The summed E-state index contributed by atoms with van der Waals surface area (Å²) in [4.78, 5) is 11.1. The van der Waals surface area contributed by atoms with E-state index in [0.29, 0.717) is 0 Å². The lowest BCUT2D eigenvalue weighted by atomic mass is 10.1. The standard InChI is InChI=1S/C11H8FN3O/c1-7-8(6-14)2-3-9(11(7)12)15-10(16)4-5-13/h2-3H,4H2,1H3,(H,15,16). The third-order valence-corrected chi connectivity index (χ3v) is 2.02. The fraction of sp³-hybridized carbons (Fsp3) is 0.182. The van der Waals surface area contributed by atoms with Gasteiger partial charge in [-0.2, -0.15) is 10.5 Å². The van der Waals surface area contributed by atoms with Crippen LogP contribution in [-0.2, 0) is 4.79 Å². The van der Waals surface area contributed by atoms with E-state index >= 15 is 0 Å². The number of nitriles is 2. The first-order chi connectivity index (χ1) is 7.60. The highest BCUT2D eigenvalue weighted by Crippen LogP contribution is 2.20. The molecule has 1 amide bonds. The predicted octanol–water partition coefficient (Wildman–Crippen LogP) is 1.86. The van der Waals surface area contributed by atoms with Gasteiger partial charge in [0.25, 0.3) is 0 Å². The largest absolute Gasteiger partial charge is 0.323 e. The molecule has 0 aliphatic heterocycles. The quantitative estimate of drug-likeness (QED) is 0.821. The van der Waals surface area contributed by atoms with Crippen molar-refractivity contribution in [3.05, 3.63) is 29.1 Å². The molecule has 0 atom stereocenters. The van der Waals surface area contributed by atoms with Crippen molar-refractivity contribution < 1.29 is 9.18 Å². The topological polar surface area (TPSA) is 76.7 Å². The van der Waals surface area contributed by atoms with Crippen LogP contribution in [0.2, 0.25) is 0 Å². The van der Waals surface area contributed by atoms with Gasteiger partial charge in [-0.15, -0.1) is 0 Å². The van der Waals surface area contributed by atoms with Crippen LogP contribution in [0.15, 0.2) is 12.1 Å². The van der Waals surface area contributed by atoms with Gasteiger partial charge >= 0.3 is 0 Å². The van der Waals surface area contributed by atoms with Gasteiger partial charge < -0.3 is 5.32 Å². The maximum atomic E-state index is 13.6. The second kappa shape index (κ2) is 4.90. The van der Waals surface area contributed by atoms with Gasteiger partial charge in [-0.3, -0.25) is 4.79 Å². The fourth-order valence-electron chi connectivity index (χ4n) is 1.17. The number of carbonyl (C=O) groups is 1. The zero-order chi connectivity index (χ0) is 12.1. The molecule has 0 aromatic heterocycles. The van der Waals surface area contributed by atoms with Gasteiger partial charge in [0.1, 0.15) is 6.42 Å². The van der Waals surface area contributed by atoms with Crippen molar-refractivity contribution >= 4 is 11.6 Å². The number of amides is 1. The molecule has 0 heterocycles. The Hall–Kier alpha value is -2.40. The Morgan fingerprint density at radius 1 is 1.50 bits per heavy atom. The molecule has 4 nitrogen and oxygen atoms in total. The molecule has 0 aliphatic rings. The van der Waals surface area contributed by atoms with Crippen LogP contribution in [-0.4, -0.2) is 5.91 Å². The number of anilines is 1. The van der Waals surface area contributed by atoms with Crippen LogP contribution in [0.25, 0.3) is 0 Å². The molecule has 0 saturated heterocycles. The van der Waals surface area contributed by atoms with Crippen LogP contribution < -0.4 is 5.32 Å². The van der Waals surface area contributed by atoms with E-state index in [1.54, 1.807) is 6.07 Å². The molecule has 0 unspecified atom stereocenters. The Bertz CT molecular complexity index is 511. The number of halogens is 1. The van der Waals surface area contributed by atoms with Crippen LogP contribution in [0.3, 0.4) is 0 Å². The van der Waals surface area contributed by atoms with E-state index in [-0.39, 0.29) is 23.2 Å². The van der Waals surface area contributed by atoms with Gasteiger partial charge in [-0.05, 0) is 19.1 Å². The summed E-state index contributed by atoms with van der Waals surface area (Å²) in [5.74, 6) is -1.23. The molecule has 1 N–H and O–H groups in total. The second-order valence-electron chi connectivity index (χ2n) is 3.09. The minimum atomic E-state index is -0.648. The molecule has 0 spiro atoms. The highest BCUT2D eigenvalue weighted by molar-refractivity contribution is 5.92. The lowest BCUT2D eigenvalue weighted by molar-refractivity contribution is -0.115. The summed E-state index contributed by atoms with van der Waals surface area (Å²) in [6.07, 6.45) is -0.335. The Labute approximate surface area is 91.9 Å². The summed E-state index contributed by atoms with van der Waals surface area (Å²) in [6.45, 7) is 1.45. The number of rotatable bonds is 2. The number of nitrogens with one attached hydrogen (secondary N) is 1. The Morgan fingerprint density at radius 2 is 2.19 bits per heavy atom.